The largest absolute Gasteiger partial charge is 0.325 e. The second kappa shape index (κ2) is 5.15. The molecule has 2 rings (SSSR count). The van der Waals surface area contributed by atoms with Crippen molar-refractivity contribution in [2.24, 2.45) is 0 Å². The van der Waals surface area contributed by atoms with Crippen molar-refractivity contribution in [3.05, 3.63) is 41.1 Å². The van der Waals surface area contributed by atoms with E-state index in [1.165, 1.54) is 0 Å². The monoisotopic (exact) mass is 249 g/mol. The summed E-state index contributed by atoms with van der Waals surface area (Å²) < 4.78 is 0. The van der Waals surface area contributed by atoms with E-state index in [-0.39, 0.29) is 5.78 Å². The summed E-state index contributed by atoms with van der Waals surface area (Å²) >= 11 is 5.67. The summed E-state index contributed by atoms with van der Waals surface area (Å²) in [6.07, 6.45) is 2.02. The number of hydrogen-bond acceptors (Lipinski definition) is 2. The van der Waals surface area contributed by atoms with E-state index in [4.69, 9.17) is 11.6 Å². The van der Waals surface area contributed by atoms with E-state index < -0.39 is 0 Å². The predicted molar refractivity (Wildman–Crippen MR) is 66.8 cm³/mol. The van der Waals surface area contributed by atoms with Crippen molar-refractivity contribution >= 4 is 29.4 Å². The van der Waals surface area contributed by atoms with Crippen LogP contribution >= 0.6 is 11.6 Å². The van der Waals surface area contributed by atoms with Crippen LogP contribution < -0.4 is 5.32 Å². The molecule has 0 spiro atoms. The van der Waals surface area contributed by atoms with E-state index in [9.17, 15) is 9.59 Å². The summed E-state index contributed by atoms with van der Waals surface area (Å²) in [6.45, 7) is 0. The number of Topliss-reactive ketones (excluding diaryl/α,β-unsaturated/α-hetero) is 1. The van der Waals surface area contributed by atoms with Crippen molar-refractivity contribution in [1.82, 2.24) is 5.32 Å². The Bertz CT molecular complexity index is 494. The van der Waals surface area contributed by atoms with Crippen molar-refractivity contribution in [3.63, 3.8) is 0 Å². The molecule has 0 aromatic heterocycles. The molecule has 3 nitrogen and oxygen atoms in total. The first-order chi connectivity index (χ1) is 8.29. The lowest BCUT2D eigenvalue weighted by molar-refractivity contribution is -0.108. The van der Waals surface area contributed by atoms with Gasteiger partial charge >= 0.3 is 0 Å². The normalized spacial score (nSPS) is 13.8. The highest BCUT2D eigenvalue weighted by Gasteiger charge is 2.28. The van der Waals surface area contributed by atoms with Gasteiger partial charge < -0.3 is 5.32 Å². The number of benzene rings is 1. The van der Waals surface area contributed by atoms with Gasteiger partial charge in [-0.25, -0.2) is 0 Å². The topological polar surface area (TPSA) is 46.2 Å². The van der Waals surface area contributed by atoms with Crippen LogP contribution in [0.1, 0.15) is 28.8 Å². The Morgan fingerprint density at radius 3 is 2.59 bits per heavy atom. The zero-order valence-electron chi connectivity index (χ0n) is 9.20. The molecule has 1 aliphatic rings. The van der Waals surface area contributed by atoms with E-state index >= 15 is 0 Å². The van der Waals surface area contributed by atoms with Crippen LogP contribution in [0, 0.1) is 0 Å². The highest BCUT2D eigenvalue weighted by atomic mass is 35.5. The predicted octanol–water partition coefficient (Wildman–Crippen LogP) is 2.36. The highest BCUT2D eigenvalue weighted by Crippen LogP contribution is 2.34. The Morgan fingerprint density at radius 2 is 1.94 bits per heavy atom. The van der Waals surface area contributed by atoms with E-state index in [0.717, 1.165) is 17.6 Å². The Labute approximate surface area is 104 Å². The van der Waals surface area contributed by atoms with Crippen LogP contribution in [-0.4, -0.2) is 18.1 Å². The minimum atomic E-state index is -0.114. The molecule has 1 N–H and O–H groups in total. The van der Waals surface area contributed by atoms with Crippen LogP contribution in [0.15, 0.2) is 30.0 Å². The lowest BCUT2D eigenvalue weighted by Crippen LogP contribution is -2.16. The van der Waals surface area contributed by atoms with Crippen molar-refractivity contribution in [2.45, 2.75) is 12.8 Å². The molecule has 0 atom stereocenters. The van der Waals surface area contributed by atoms with Crippen molar-refractivity contribution in [1.29, 1.82) is 0 Å². The lowest BCUT2D eigenvalue weighted by Gasteiger charge is -2.05. The first kappa shape index (κ1) is 11.9. The zero-order chi connectivity index (χ0) is 12.3. The molecule has 1 aromatic rings. The highest BCUT2D eigenvalue weighted by molar-refractivity contribution is 6.21. The summed E-state index contributed by atoms with van der Waals surface area (Å²) in [6, 6.07) is 7.38. The van der Waals surface area contributed by atoms with Crippen LogP contribution in [0.3, 0.4) is 0 Å². The van der Waals surface area contributed by atoms with Gasteiger partial charge in [-0.3, -0.25) is 9.59 Å². The molecule has 0 bridgehead atoms. The van der Waals surface area contributed by atoms with Gasteiger partial charge in [0.1, 0.15) is 0 Å². The third-order valence-electron chi connectivity index (χ3n) is 2.79. The van der Waals surface area contributed by atoms with Crippen molar-refractivity contribution in [3.8, 4) is 0 Å². The van der Waals surface area contributed by atoms with Gasteiger partial charge in [0, 0.05) is 11.4 Å². The van der Waals surface area contributed by atoms with Gasteiger partial charge in [-0.15, -0.1) is 11.6 Å². The zero-order valence-corrected chi connectivity index (χ0v) is 9.96. The Kier molecular flexibility index (Phi) is 3.59. The molecular weight excluding hydrogens is 238 g/mol. The van der Waals surface area contributed by atoms with Crippen molar-refractivity contribution < 1.29 is 9.59 Å². The van der Waals surface area contributed by atoms with Crippen molar-refractivity contribution in [2.75, 3.05) is 5.88 Å². The molecule has 4 heteroatoms. The third kappa shape index (κ3) is 2.11. The van der Waals surface area contributed by atoms with E-state index in [1.54, 1.807) is 6.07 Å². The maximum Gasteiger partial charge on any atom is 0.211 e. The standard InChI is InChI=1S/C13H12ClNO2/c14-7-3-6-10-9-4-1-2-5-11(9)13(17)12(10)15-8-16/h1-2,4-5,8H,3,6-7H2,(H,15,16,17). The number of carbonyl (C=O) groups is 2. The smallest absolute Gasteiger partial charge is 0.211 e. The van der Waals surface area contributed by atoms with Gasteiger partial charge in [-0.2, -0.15) is 0 Å². The molecular formula is C13H12ClNO2. The number of ketones is 1. The second-order valence-corrected chi connectivity index (χ2v) is 4.16. The first-order valence-electron chi connectivity index (χ1n) is 5.43. The molecule has 0 fully saturated rings. The van der Waals surface area contributed by atoms with Gasteiger partial charge in [0.25, 0.3) is 0 Å². The molecule has 0 saturated carbocycles. The Morgan fingerprint density at radius 1 is 1.24 bits per heavy atom. The molecule has 1 aliphatic carbocycles. The van der Waals surface area contributed by atoms with Crippen LogP contribution in [0.2, 0.25) is 0 Å². The molecule has 1 amide bonds. The minimum Gasteiger partial charge on any atom is -0.325 e. The first-order valence-corrected chi connectivity index (χ1v) is 5.96. The van der Waals surface area contributed by atoms with Crippen LogP contribution in [0.4, 0.5) is 0 Å². The Hall–Kier alpha value is -1.61. The SMILES string of the molecule is O=CNC1=C(CCCCl)c2ccccc2C1=O. The number of hydrogen-bond donors (Lipinski definition) is 1. The van der Waals surface area contributed by atoms with Gasteiger partial charge in [0.05, 0.1) is 5.70 Å². The van der Waals surface area contributed by atoms with Crippen LogP contribution in [0.25, 0.3) is 5.57 Å². The number of amides is 1. The van der Waals surface area contributed by atoms with E-state index in [0.29, 0.717) is 30.0 Å². The maximum absolute atomic E-state index is 12.0. The molecule has 0 heterocycles. The third-order valence-corrected chi connectivity index (χ3v) is 3.06. The number of carbonyl (C=O) groups excluding carboxylic acids is 2. The molecule has 0 aliphatic heterocycles. The van der Waals surface area contributed by atoms with Crippen LogP contribution in [-0.2, 0) is 4.79 Å². The van der Waals surface area contributed by atoms with Gasteiger partial charge in [-0.05, 0) is 24.0 Å². The van der Waals surface area contributed by atoms with Gasteiger partial charge in [0.2, 0.25) is 12.2 Å². The Balaban J connectivity index is 2.43. The summed E-state index contributed by atoms with van der Waals surface area (Å²) in [5, 5.41) is 2.51. The summed E-state index contributed by atoms with van der Waals surface area (Å²) in [7, 11) is 0. The number of nitrogens with one attached hydrogen (secondary N) is 1. The second-order valence-electron chi connectivity index (χ2n) is 3.78. The summed E-state index contributed by atoms with van der Waals surface area (Å²) in [4.78, 5) is 22.6. The fourth-order valence-electron chi connectivity index (χ4n) is 2.07. The fraction of sp³-hybridized carbons (Fsp3) is 0.231. The number of allylic oxidation sites excluding steroid dienone is 2. The van der Waals surface area contributed by atoms with E-state index in [2.05, 4.69) is 5.32 Å². The molecule has 0 radical (unpaired) electrons. The molecule has 0 saturated heterocycles. The fourth-order valence-corrected chi connectivity index (χ4v) is 2.20. The molecule has 0 unspecified atom stereocenters. The van der Waals surface area contributed by atoms with Crippen LogP contribution in [0.5, 0.6) is 0 Å². The maximum atomic E-state index is 12.0. The average Bonchev–Trinajstić information content (AvgIpc) is 2.62. The molecule has 17 heavy (non-hydrogen) atoms. The van der Waals surface area contributed by atoms with Gasteiger partial charge in [0.15, 0.2) is 0 Å². The lowest BCUT2D eigenvalue weighted by atomic mass is 10.0. The molecule has 1 aromatic carbocycles. The average molecular weight is 250 g/mol. The summed E-state index contributed by atoms with van der Waals surface area (Å²) in [5.41, 5.74) is 2.85. The minimum absolute atomic E-state index is 0.114. The van der Waals surface area contributed by atoms with Gasteiger partial charge in [-0.1, -0.05) is 24.3 Å². The number of rotatable bonds is 5. The summed E-state index contributed by atoms with van der Waals surface area (Å²) in [5.74, 6) is 0.422. The number of fused-ring (bicyclic) bond motifs is 1. The molecule has 88 valence electrons. The van der Waals surface area contributed by atoms with E-state index in [1.807, 2.05) is 18.2 Å². The quantitative estimate of drug-likeness (QED) is 0.643. The number of alkyl halides is 1. The number of halogens is 1.